The number of hydrogen-bond donors (Lipinski definition) is 0. The number of carbonyl (C=O) groups is 2. The zero-order chi connectivity index (χ0) is 11.3. The van der Waals surface area contributed by atoms with Crippen molar-refractivity contribution < 1.29 is 14.3 Å². The van der Waals surface area contributed by atoms with Crippen molar-refractivity contribution in [3.63, 3.8) is 0 Å². The lowest BCUT2D eigenvalue weighted by Gasteiger charge is -2.14. The molecule has 1 unspecified atom stereocenters. The maximum Gasteiger partial charge on any atom is 0.316 e. The lowest BCUT2D eigenvalue weighted by atomic mass is 10.0. The molecule has 0 saturated heterocycles. The van der Waals surface area contributed by atoms with Crippen molar-refractivity contribution in [1.82, 2.24) is 0 Å². The maximum absolute atomic E-state index is 11.4. The molecule has 1 atom stereocenters. The molecule has 0 N–H and O–H groups in total. The summed E-state index contributed by atoms with van der Waals surface area (Å²) in [6, 6.07) is 0. The van der Waals surface area contributed by atoms with E-state index >= 15 is 0 Å². The van der Waals surface area contributed by atoms with Crippen LogP contribution in [0.15, 0.2) is 11.6 Å². The first-order chi connectivity index (χ1) is 7.11. The predicted octanol–water partition coefficient (Wildman–Crippen LogP) is 2.26. The molecule has 0 spiro atoms. The van der Waals surface area contributed by atoms with Gasteiger partial charge in [0.05, 0.1) is 0 Å². The number of ketones is 1. The van der Waals surface area contributed by atoms with Crippen LogP contribution >= 0.6 is 0 Å². The fraction of sp³-hybridized carbons (Fsp3) is 0.667. The molecule has 1 rings (SSSR count). The topological polar surface area (TPSA) is 43.4 Å². The lowest BCUT2D eigenvalue weighted by molar-refractivity contribution is -0.150. The van der Waals surface area contributed by atoms with E-state index in [-0.39, 0.29) is 5.78 Å². The first-order valence-corrected chi connectivity index (χ1v) is 5.46. The summed E-state index contributed by atoms with van der Waals surface area (Å²) in [6.45, 7) is 3.35. The second-order valence-corrected chi connectivity index (χ2v) is 4.05. The van der Waals surface area contributed by atoms with E-state index in [1.807, 2.05) is 0 Å². The Morgan fingerprint density at radius 2 is 2.20 bits per heavy atom. The molecule has 0 amide bonds. The number of carbonyl (C=O) groups excluding carboxylic acids is 2. The Morgan fingerprint density at radius 3 is 2.73 bits per heavy atom. The van der Waals surface area contributed by atoms with Crippen LogP contribution in [0.5, 0.6) is 0 Å². The van der Waals surface area contributed by atoms with Crippen molar-refractivity contribution in [1.29, 1.82) is 0 Å². The van der Waals surface area contributed by atoms with E-state index in [1.165, 1.54) is 25.3 Å². The molecule has 0 saturated carbocycles. The van der Waals surface area contributed by atoms with E-state index in [1.54, 1.807) is 6.92 Å². The Morgan fingerprint density at radius 1 is 1.47 bits per heavy atom. The summed E-state index contributed by atoms with van der Waals surface area (Å²) in [5.74, 6) is -1.18. The average molecular weight is 210 g/mol. The monoisotopic (exact) mass is 210 g/mol. The van der Waals surface area contributed by atoms with Crippen molar-refractivity contribution in [2.75, 3.05) is 6.61 Å². The quantitative estimate of drug-likeness (QED) is 0.406. The van der Waals surface area contributed by atoms with Crippen LogP contribution in [-0.4, -0.2) is 18.4 Å². The lowest BCUT2D eigenvalue weighted by Crippen LogP contribution is -2.22. The molecule has 15 heavy (non-hydrogen) atoms. The van der Waals surface area contributed by atoms with E-state index in [0.29, 0.717) is 6.61 Å². The number of esters is 1. The normalized spacial score (nSPS) is 17.9. The standard InChI is InChI=1S/C12H18O3/c1-9(10(2)13)12(14)15-8-11-6-4-3-5-7-11/h6,9H,3-5,7-8H2,1-2H3. The molecule has 1 aliphatic rings. The largest absolute Gasteiger partial charge is 0.461 e. The summed E-state index contributed by atoms with van der Waals surface area (Å²) in [5, 5.41) is 0. The molecule has 84 valence electrons. The number of hydrogen-bond acceptors (Lipinski definition) is 3. The van der Waals surface area contributed by atoms with E-state index in [4.69, 9.17) is 4.74 Å². The fourth-order valence-electron chi connectivity index (χ4n) is 1.49. The molecule has 0 radical (unpaired) electrons. The van der Waals surface area contributed by atoms with E-state index in [2.05, 4.69) is 6.08 Å². The minimum absolute atomic E-state index is 0.141. The van der Waals surface area contributed by atoms with Crippen LogP contribution in [0.2, 0.25) is 0 Å². The number of ether oxygens (including phenoxy) is 1. The Hall–Kier alpha value is -1.12. The highest BCUT2D eigenvalue weighted by molar-refractivity contribution is 5.97. The van der Waals surface area contributed by atoms with Crippen LogP contribution in [0.3, 0.4) is 0 Å². The summed E-state index contributed by atoms with van der Waals surface area (Å²) in [6.07, 6.45) is 6.62. The summed E-state index contributed by atoms with van der Waals surface area (Å²) in [4.78, 5) is 22.3. The molecule has 0 aromatic rings. The highest BCUT2D eigenvalue weighted by Crippen LogP contribution is 2.17. The van der Waals surface area contributed by atoms with Gasteiger partial charge in [-0.2, -0.15) is 0 Å². The third-order valence-corrected chi connectivity index (χ3v) is 2.75. The summed E-state index contributed by atoms with van der Waals surface area (Å²) >= 11 is 0. The first-order valence-electron chi connectivity index (χ1n) is 5.46. The Labute approximate surface area is 90.5 Å². The molecular formula is C12H18O3. The SMILES string of the molecule is CC(=O)C(C)C(=O)OCC1=CCCCC1. The number of Topliss-reactive ketones (excluding diaryl/α,β-unsaturated/α-hetero) is 1. The van der Waals surface area contributed by atoms with E-state index in [9.17, 15) is 9.59 Å². The highest BCUT2D eigenvalue weighted by Gasteiger charge is 2.19. The molecule has 3 heteroatoms. The van der Waals surface area contributed by atoms with Crippen LogP contribution in [0.4, 0.5) is 0 Å². The first kappa shape index (κ1) is 12.0. The maximum atomic E-state index is 11.4. The summed E-state index contributed by atoms with van der Waals surface area (Å²) in [7, 11) is 0. The van der Waals surface area contributed by atoms with Crippen molar-refractivity contribution >= 4 is 11.8 Å². The van der Waals surface area contributed by atoms with Gasteiger partial charge in [-0.05, 0) is 45.1 Å². The van der Waals surface area contributed by atoms with E-state index in [0.717, 1.165) is 12.8 Å². The minimum atomic E-state index is -0.630. The van der Waals surface area contributed by atoms with Crippen LogP contribution in [0.25, 0.3) is 0 Å². The van der Waals surface area contributed by atoms with Gasteiger partial charge in [-0.1, -0.05) is 6.08 Å². The zero-order valence-electron chi connectivity index (χ0n) is 9.41. The third-order valence-electron chi connectivity index (χ3n) is 2.75. The molecule has 0 heterocycles. The second-order valence-electron chi connectivity index (χ2n) is 4.05. The van der Waals surface area contributed by atoms with Crippen LogP contribution in [-0.2, 0) is 14.3 Å². The van der Waals surface area contributed by atoms with Crippen molar-refractivity contribution in [2.45, 2.75) is 39.5 Å². The molecule has 0 bridgehead atoms. The van der Waals surface area contributed by atoms with Gasteiger partial charge in [0.25, 0.3) is 0 Å². The molecular weight excluding hydrogens is 192 g/mol. The highest BCUT2D eigenvalue weighted by atomic mass is 16.5. The average Bonchev–Trinajstić information content (AvgIpc) is 2.26. The molecule has 0 fully saturated rings. The van der Waals surface area contributed by atoms with Crippen molar-refractivity contribution in [3.8, 4) is 0 Å². The van der Waals surface area contributed by atoms with Gasteiger partial charge in [0.1, 0.15) is 18.3 Å². The van der Waals surface area contributed by atoms with Gasteiger partial charge in [0.15, 0.2) is 0 Å². The predicted molar refractivity (Wildman–Crippen MR) is 57.4 cm³/mol. The molecule has 0 aromatic heterocycles. The van der Waals surface area contributed by atoms with Gasteiger partial charge >= 0.3 is 5.97 Å². The summed E-state index contributed by atoms with van der Waals surface area (Å²) < 4.78 is 5.08. The van der Waals surface area contributed by atoms with Crippen LogP contribution < -0.4 is 0 Å². The Balaban J connectivity index is 2.33. The summed E-state index contributed by atoms with van der Waals surface area (Å²) in [5.41, 5.74) is 1.19. The van der Waals surface area contributed by atoms with Gasteiger partial charge in [0.2, 0.25) is 0 Å². The molecule has 1 aliphatic carbocycles. The van der Waals surface area contributed by atoms with Crippen molar-refractivity contribution in [3.05, 3.63) is 11.6 Å². The van der Waals surface area contributed by atoms with E-state index < -0.39 is 11.9 Å². The molecule has 0 aromatic carbocycles. The van der Waals surface area contributed by atoms with Crippen LogP contribution in [0.1, 0.15) is 39.5 Å². The Kier molecular flexibility index (Phi) is 4.53. The fourth-order valence-corrected chi connectivity index (χ4v) is 1.49. The van der Waals surface area contributed by atoms with Crippen molar-refractivity contribution in [2.24, 2.45) is 5.92 Å². The zero-order valence-corrected chi connectivity index (χ0v) is 9.41. The third kappa shape index (κ3) is 3.86. The van der Waals surface area contributed by atoms with Gasteiger partial charge in [-0.25, -0.2) is 0 Å². The Bertz CT molecular complexity index is 279. The van der Waals surface area contributed by atoms with Gasteiger partial charge in [-0.15, -0.1) is 0 Å². The number of allylic oxidation sites excluding steroid dienone is 1. The molecule has 3 nitrogen and oxygen atoms in total. The van der Waals surface area contributed by atoms with Gasteiger partial charge in [-0.3, -0.25) is 9.59 Å². The van der Waals surface area contributed by atoms with Gasteiger partial charge < -0.3 is 4.74 Å². The molecule has 0 aliphatic heterocycles. The van der Waals surface area contributed by atoms with Gasteiger partial charge in [0, 0.05) is 0 Å². The minimum Gasteiger partial charge on any atom is -0.461 e. The number of rotatable bonds is 4. The smallest absolute Gasteiger partial charge is 0.316 e. The van der Waals surface area contributed by atoms with Crippen LogP contribution in [0, 0.1) is 5.92 Å². The second kappa shape index (κ2) is 5.69.